The maximum atomic E-state index is 11.7. The number of hydrogen-bond donors (Lipinski definition) is 1. The van der Waals surface area contributed by atoms with E-state index in [1.54, 1.807) is 7.11 Å². The molecule has 0 bridgehead atoms. The number of rotatable bonds is 11. The molecule has 4 atom stereocenters. The van der Waals surface area contributed by atoms with Crippen molar-refractivity contribution < 1.29 is 23.4 Å². The molecule has 0 aromatic heterocycles. The third-order valence-electron chi connectivity index (χ3n) is 7.82. The van der Waals surface area contributed by atoms with Crippen molar-refractivity contribution in [1.82, 2.24) is 0 Å². The SMILES string of the molecule is C=C1O[C@H](OC)[C@H](O[Si](C(C)C)(C(C)C)C(C)C)[C@@H](O)[C@@H]1O[Si](C(C)C)(C(C)C)C(C)C. The number of hydrogen-bond acceptors (Lipinski definition) is 5. The molecule has 0 unspecified atom stereocenters. The topological polar surface area (TPSA) is 57.2 Å². The first-order chi connectivity index (χ1) is 14.6. The van der Waals surface area contributed by atoms with Crippen LogP contribution in [0.4, 0.5) is 0 Å². The van der Waals surface area contributed by atoms with Gasteiger partial charge in [-0.15, -0.1) is 0 Å². The van der Waals surface area contributed by atoms with Gasteiger partial charge in [-0.25, -0.2) is 0 Å². The van der Waals surface area contributed by atoms with Crippen molar-refractivity contribution in [1.29, 1.82) is 0 Å². The molecule has 1 heterocycles. The lowest BCUT2D eigenvalue weighted by Crippen LogP contribution is -2.63. The van der Waals surface area contributed by atoms with Crippen molar-refractivity contribution in [2.45, 2.75) is 141 Å². The van der Waals surface area contributed by atoms with Crippen LogP contribution in [0.5, 0.6) is 0 Å². The van der Waals surface area contributed by atoms with Gasteiger partial charge in [-0.2, -0.15) is 0 Å². The highest BCUT2D eigenvalue weighted by Crippen LogP contribution is 2.47. The van der Waals surface area contributed by atoms with Crippen molar-refractivity contribution in [2.24, 2.45) is 0 Å². The summed E-state index contributed by atoms with van der Waals surface area (Å²) in [5.41, 5.74) is 2.30. The van der Waals surface area contributed by atoms with Gasteiger partial charge in [0, 0.05) is 7.11 Å². The maximum absolute atomic E-state index is 11.7. The maximum Gasteiger partial charge on any atom is 0.227 e. The van der Waals surface area contributed by atoms with Gasteiger partial charge in [-0.05, 0) is 33.2 Å². The second-order valence-electron chi connectivity index (χ2n) is 11.4. The van der Waals surface area contributed by atoms with Gasteiger partial charge >= 0.3 is 0 Å². The quantitative estimate of drug-likeness (QED) is 0.318. The van der Waals surface area contributed by atoms with Crippen LogP contribution in [0.25, 0.3) is 0 Å². The number of methoxy groups -OCH3 is 1. The second kappa shape index (κ2) is 11.5. The Morgan fingerprint density at radius 3 is 1.38 bits per heavy atom. The Morgan fingerprint density at radius 1 is 0.719 bits per heavy atom. The molecule has 7 heteroatoms. The zero-order valence-corrected chi connectivity index (χ0v) is 25.1. The molecule has 32 heavy (non-hydrogen) atoms. The zero-order chi connectivity index (χ0) is 25.2. The van der Waals surface area contributed by atoms with Crippen LogP contribution in [0, 0.1) is 0 Å². The van der Waals surface area contributed by atoms with Crippen LogP contribution in [0.3, 0.4) is 0 Å². The Kier molecular flexibility index (Phi) is 10.7. The largest absolute Gasteiger partial charge is 0.464 e. The van der Waals surface area contributed by atoms with E-state index in [2.05, 4.69) is 89.7 Å². The summed E-state index contributed by atoms with van der Waals surface area (Å²) in [7, 11) is -2.96. The van der Waals surface area contributed by atoms with E-state index in [-0.39, 0.29) is 0 Å². The molecule has 0 amide bonds. The van der Waals surface area contributed by atoms with Gasteiger partial charge in [-0.1, -0.05) is 89.7 Å². The minimum Gasteiger partial charge on any atom is -0.464 e. The molecule has 0 spiro atoms. The first kappa shape index (κ1) is 29.8. The summed E-state index contributed by atoms with van der Waals surface area (Å²) in [6, 6.07) is 0. The molecule has 0 radical (unpaired) electrons. The van der Waals surface area contributed by atoms with Crippen LogP contribution in [0.1, 0.15) is 83.1 Å². The van der Waals surface area contributed by atoms with E-state index < -0.39 is 41.2 Å². The van der Waals surface area contributed by atoms with Crippen LogP contribution in [0.15, 0.2) is 12.3 Å². The molecule has 0 aliphatic carbocycles. The molecule has 0 saturated carbocycles. The number of aliphatic hydroxyl groups is 1. The lowest BCUT2D eigenvalue weighted by molar-refractivity contribution is -0.228. The molecule has 1 aliphatic heterocycles. The van der Waals surface area contributed by atoms with E-state index in [1.165, 1.54) is 0 Å². The van der Waals surface area contributed by atoms with Crippen molar-refractivity contribution in [3.63, 3.8) is 0 Å². The zero-order valence-electron chi connectivity index (χ0n) is 23.1. The summed E-state index contributed by atoms with van der Waals surface area (Å²) in [5, 5.41) is 11.7. The molecule has 1 aliphatic rings. The Bertz CT molecular complexity index is 560. The molecule has 1 N–H and O–H groups in total. The van der Waals surface area contributed by atoms with Gasteiger partial charge < -0.3 is 23.4 Å². The van der Waals surface area contributed by atoms with E-state index in [4.69, 9.17) is 18.3 Å². The minimum atomic E-state index is -2.28. The summed E-state index contributed by atoms with van der Waals surface area (Å²) in [6.07, 6.45) is -2.84. The van der Waals surface area contributed by atoms with E-state index >= 15 is 0 Å². The first-order valence-corrected chi connectivity index (χ1v) is 16.8. The van der Waals surface area contributed by atoms with Crippen molar-refractivity contribution >= 4 is 16.6 Å². The Balaban J connectivity index is 3.46. The van der Waals surface area contributed by atoms with Gasteiger partial charge in [0.25, 0.3) is 0 Å². The van der Waals surface area contributed by atoms with Crippen molar-refractivity contribution in [3.05, 3.63) is 12.3 Å². The summed E-state index contributed by atoms with van der Waals surface area (Å²) in [6.45, 7) is 31.0. The average molecular weight is 489 g/mol. The molecule has 0 aromatic carbocycles. The smallest absolute Gasteiger partial charge is 0.227 e. The molecular formula is C25H52O5Si2. The molecule has 190 valence electrons. The van der Waals surface area contributed by atoms with Gasteiger partial charge in [0.2, 0.25) is 22.9 Å². The Labute approximate surface area is 200 Å². The molecule has 1 fully saturated rings. The molecule has 1 rings (SSSR count). The number of aliphatic hydroxyl groups excluding tert-OH is 1. The molecule has 5 nitrogen and oxygen atoms in total. The Hall–Kier alpha value is -0.186. The minimum absolute atomic E-state index is 0.382. The predicted molar refractivity (Wildman–Crippen MR) is 139 cm³/mol. The van der Waals surface area contributed by atoms with Crippen LogP contribution in [-0.2, 0) is 18.3 Å². The predicted octanol–water partition coefficient (Wildman–Crippen LogP) is 6.99. The van der Waals surface area contributed by atoms with Crippen LogP contribution in [0.2, 0.25) is 33.2 Å². The van der Waals surface area contributed by atoms with Gasteiger partial charge in [0.1, 0.15) is 24.1 Å². The average Bonchev–Trinajstić information content (AvgIpc) is 2.65. The molecule has 0 aromatic rings. The summed E-state index contributed by atoms with van der Waals surface area (Å²) in [5.74, 6) is 0.439. The van der Waals surface area contributed by atoms with Crippen LogP contribution >= 0.6 is 0 Å². The van der Waals surface area contributed by atoms with E-state index in [9.17, 15) is 5.11 Å². The summed E-state index contributed by atoms with van der Waals surface area (Å²) >= 11 is 0. The van der Waals surface area contributed by atoms with Crippen molar-refractivity contribution in [2.75, 3.05) is 7.11 Å². The summed E-state index contributed by atoms with van der Waals surface area (Å²) in [4.78, 5) is 0. The second-order valence-corrected chi connectivity index (χ2v) is 22.2. The summed E-state index contributed by atoms with van der Waals surface area (Å²) < 4.78 is 25.7. The first-order valence-electron chi connectivity index (χ1n) is 12.5. The van der Waals surface area contributed by atoms with E-state index in [0.29, 0.717) is 39.0 Å². The highest BCUT2D eigenvalue weighted by atomic mass is 28.4. The van der Waals surface area contributed by atoms with Crippen LogP contribution in [-0.4, -0.2) is 53.5 Å². The molecular weight excluding hydrogens is 436 g/mol. The Morgan fingerprint density at radius 2 is 1.06 bits per heavy atom. The highest BCUT2D eigenvalue weighted by molar-refractivity contribution is 6.78. The van der Waals surface area contributed by atoms with E-state index in [1.807, 2.05) is 0 Å². The number of ether oxygens (including phenoxy) is 2. The van der Waals surface area contributed by atoms with Crippen molar-refractivity contribution in [3.8, 4) is 0 Å². The molecule has 1 saturated heterocycles. The third kappa shape index (κ3) is 5.38. The van der Waals surface area contributed by atoms with Gasteiger partial charge in [-0.3, -0.25) is 0 Å². The monoisotopic (exact) mass is 488 g/mol. The standard InChI is InChI=1S/C25H52O5Si2/c1-15(2)31(16(3)4,17(5)6)29-23-21(13)28-25(27-14)24(22(23)26)30-32(18(7)8,19(9)10)20(11)12/h15-20,22-26H,13H2,1-12,14H3/t22-,23+,24+,25-/m0/s1. The van der Waals surface area contributed by atoms with Gasteiger partial charge in [0.05, 0.1) is 0 Å². The highest BCUT2D eigenvalue weighted by Gasteiger charge is 2.55. The normalized spacial score (nSPS) is 25.7. The van der Waals surface area contributed by atoms with E-state index in [0.717, 1.165) is 0 Å². The van der Waals surface area contributed by atoms with Crippen LogP contribution < -0.4 is 0 Å². The lowest BCUT2D eigenvalue weighted by Gasteiger charge is -2.51. The fraction of sp³-hybridized carbons (Fsp3) is 0.920. The van der Waals surface area contributed by atoms with Gasteiger partial charge in [0.15, 0.2) is 0 Å². The fourth-order valence-electron chi connectivity index (χ4n) is 6.52. The fourth-order valence-corrected chi connectivity index (χ4v) is 17.6. The lowest BCUT2D eigenvalue weighted by atomic mass is 10.0. The third-order valence-corrected chi connectivity index (χ3v) is 20.0.